The summed E-state index contributed by atoms with van der Waals surface area (Å²) >= 11 is 0. The van der Waals surface area contributed by atoms with Gasteiger partial charge in [-0.1, -0.05) is 67.6 Å². The maximum atomic E-state index is 12.0. The first-order valence-electron chi connectivity index (χ1n) is 7.93. The van der Waals surface area contributed by atoms with Crippen LogP contribution in [0.1, 0.15) is 30.7 Å². The Kier molecular flexibility index (Phi) is 5.06. The van der Waals surface area contributed by atoms with Gasteiger partial charge >= 0.3 is 5.97 Å². The topological polar surface area (TPSA) is 52.3 Å². The van der Waals surface area contributed by atoms with Crippen LogP contribution in [0.2, 0.25) is 0 Å². The van der Waals surface area contributed by atoms with Crippen LogP contribution in [-0.4, -0.2) is 11.0 Å². The van der Waals surface area contributed by atoms with Crippen LogP contribution in [0.15, 0.2) is 71.3 Å². The molecule has 122 valence electrons. The van der Waals surface area contributed by atoms with E-state index in [1.807, 2.05) is 67.6 Å². The van der Waals surface area contributed by atoms with Gasteiger partial charge in [-0.3, -0.25) is 4.79 Å². The van der Waals surface area contributed by atoms with Gasteiger partial charge in [-0.2, -0.15) is 0 Å². The molecule has 0 N–H and O–H groups in total. The van der Waals surface area contributed by atoms with E-state index in [0.29, 0.717) is 18.1 Å². The fourth-order valence-corrected chi connectivity index (χ4v) is 2.46. The molecule has 0 bridgehead atoms. The predicted octanol–water partition coefficient (Wildman–Crippen LogP) is 4.58. The first-order valence-corrected chi connectivity index (χ1v) is 7.93. The second-order valence-corrected chi connectivity index (χ2v) is 5.66. The van der Waals surface area contributed by atoms with Gasteiger partial charge in [-0.05, 0) is 11.5 Å². The molecule has 4 nitrogen and oxygen atoms in total. The molecule has 0 fully saturated rings. The van der Waals surface area contributed by atoms with Gasteiger partial charge in [0.05, 0.1) is 12.6 Å². The van der Waals surface area contributed by atoms with Crippen molar-refractivity contribution >= 4 is 5.97 Å². The average molecular weight is 321 g/mol. The molecule has 0 aliphatic carbocycles. The SMILES string of the molecule is C[C@@H](CC(=O)OCc1ncc(-c2ccccc2)o1)c1ccccc1. The highest BCUT2D eigenvalue weighted by molar-refractivity contribution is 5.70. The third-order valence-corrected chi connectivity index (χ3v) is 3.81. The second kappa shape index (κ2) is 7.59. The van der Waals surface area contributed by atoms with Crippen LogP contribution < -0.4 is 0 Å². The van der Waals surface area contributed by atoms with Gasteiger partial charge in [0.1, 0.15) is 0 Å². The highest BCUT2D eigenvalue weighted by atomic mass is 16.5. The number of hydrogen-bond acceptors (Lipinski definition) is 4. The van der Waals surface area contributed by atoms with Crippen LogP contribution in [0.25, 0.3) is 11.3 Å². The van der Waals surface area contributed by atoms with Crippen LogP contribution in [0, 0.1) is 0 Å². The van der Waals surface area contributed by atoms with Crippen LogP contribution >= 0.6 is 0 Å². The highest BCUT2D eigenvalue weighted by Crippen LogP contribution is 2.21. The monoisotopic (exact) mass is 321 g/mol. The van der Waals surface area contributed by atoms with Gasteiger partial charge in [0.2, 0.25) is 5.89 Å². The summed E-state index contributed by atoms with van der Waals surface area (Å²) in [7, 11) is 0. The van der Waals surface area contributed by atoms with Crippen molar-refractivity contribution in [1.29, 1.82) is 0 Å². The first kappa shape index (κ1) is 16.0. The van der Waals surface area contributed by atoms with Gasteiger partial charge in [0.15, 0.2) is 12.4 Å². The minimum absolute atomic E-state index is 0.0488. The molecule has 0 aliphatic rings. The lowest BCUT2D eigenvalue weighted by atomic mass is 9.98. The number of nitrogens with zero attached hydrogens (tertiary/aromatic N) is 1. The molecule has 0 saturated heterocycles. The first-order chi connectivity index (χ1) is 11.7. The van der Waals surface area contributed by atoms with Gasteiger partial charge in [-0.25, -0.2) is 4.98 Å². The summed E-state index contributed by atoms with van der Waals surface area (Å²) in [6.45, 7) is 2.06. The number of aromatic nitrogens is 1. The standard InChI is InChI=1S/C20H19NO3/c1-15(16-8-4-2-5-9-16)12-20(22)23-14-19-21-13-18(24-19)17-10-6-3-7-11-17/h2-11,13,15H,12,14H2,1H3/t15-/m0/s1. The Bertz CT molecular complexity index is 781. The van der Waals surface area contributed by atoms with Crippen molar-refractivity contribution in [1.82, 2.24) is 4.98 Å². The number of benzene rings is 2. The molecule has 3 rings (SSSR count). The van der Waals surface area contributed by atoms with Crippen LogP contribution in [-0.2, 0) is 16.1 Å². The van der Waals surface area contributed by atoms with E-state index in [0.717, 1.165) is 11.1 Å². The number of carbonyl (C=O) groups excluding carboxylic acids is 1. The molecule has 1 aromatic heterocycles. The summed E-state index contributed by atoms with van der Waals surface area (Å²) in [5.74, 6) is 0.919. The lowest BCUT2D eigenvalue weighted by Gasteiger charge is -2.10. The zero-order valence-electron chi connectivity index (χ0n) is 13.5. The van der Waals surface area contributed by atoms with Gasteiger partial charge < -0.3 is 9.15 Å². The smallest absolute Gasteiger partial charge is 0.306 e. The molecule has 1 atom stereocenters. The quantitative estimate of drug-likeness (QED) is 0.624. The van der Waals surface area contributed by atoms with E-state index in [4.69, 9.17) is 9.15 Å². The molecular weight excluding hydrogens is 302 g/mol. The number of hydrogen-bond donors (Lipinski definition) is 0. The largest absolute Gasteiger partial charge is 0.456 e. The Balaban J connectivity index is 1.53. The van der Waals surface area contributed by atoms with E-state index in [-0.39, 0.29) is 18.5 Å². The van der Waals surface area contributed by atoms with Crippen molar-refractivity contribution in [2.45, 2.75) is 25.9 Å². The Labute approximate surface area is 141 Å². The number of oxazole rings is 1. The molecule has 0 saturated carbocycles. The van der Waals surface area contributed by atoms with Crippen LogP contribution in [0.4, 0.5) is 0 Å². The molecule has 3 aromatic rings. The summed E-state index contributed by atoms with van der Waals surface area (Å²) in [6.07, 6.45) is 1.97. The van der Waals surface area contributed by atoms with Crippen molar-refractivity contribution in [3.63, 3.8) is 0 Å². The lowest BCUT2D eigenvalue weighted by molar-refractivity contribution is -0.146. The molecule has 24 heavy (non-hydrogen) atoms. The Hall–Kier alpha value is -2.88. The summed E-state index contributed by atoms with van der Waals surface area (Å²) in [6, 6.07) is 19.6. The maximum absolute atomic E-state index is 12.0. The minimum Gasteiger partial charge on any atom is -0.456 e. The third kappa shape index (κ3) is 4.10. The number of carbonyl (C=O) groups is 1. The van der Waals surface area contributed by atoms with Crippen molar-refractivity contribution in [2.75, 3.05) is 0 Å². The van der Waals surface area contributed by atoms with Gasteiger partial charge in [0, 0.05) is 5.56 Å². The number of rotatable bonds is 6. The fraction of sp³-hybridized carbons (Fsp3) is 0.200. The molecule has 4 heteroatoms. The summed E-state index contributed by atoms with van der Waals surface area (Å²) in [5, 5.41) is 0. The zero-order valence-corrected chi connectivity index (χ0v) is 13.5. The van der Waals surface area contributed by atoms with Crippen molar-refractivity contribution in [3.05, 3.63) is 78.3 Å². The number of esters is 1. The zero-order chi connectivity index (χ0) is 16.8. The normalized spacial score (nSPS) is 11.9. The third-order valence-electron chi connectivity index (χ3n) is 3.81. The molecule has 0 unspecified atom stereocenters. The fourth-order valence-electron chi connectivity index (χ4n) is 2.46. The van der Waals surface area contributed by atoms with E-state index in [1.165, 1.54) is 0 Å². The maximum Gasteiger partial charge on any atom is 0.306 e. The number of ether oxygens (including phenoxy) is 1. The van der Waals surface area contributed by atoms with Crippen molar-refractivity contribution in [3.8, 4) is 11.3 Å². The Morgan fingerprint density at radius 2 is 1.75 bits per heavy atom. The lowest BCUT2D eigenvalue weighted by Crippen LogP contribution is -2.08. The highest BCUT2D eigenvalue weighted by Gasteiger charge is 2.14. The van der Waals surface area contributed by atoms with Gasteiger partial charge in [0.25, 0.3) is 0 Å². The molecule has 1 heterocycles. The van der Waals surface area contributed by atoms with E-state index < -0.39 is 0 Å². The van der Waals surface area contributed by atoms with Crippen LogP contribution in [0.3, 0.4) is 0 Å². The van der Waals surface area contributed by atoms with E-state index >= 15 is 0 Å². The van der Waals surface area contributed by atoms with Crippen molar-refractivity contribution < 1.29 is 13.9 Å². The summed E-state index contributed by atoms with van der Waals surface area (Å²) in [4.78, 5) is 16.1. The predicted molar refractivity (Wildman–Crippen MR) is 91.2 cm³/mol. The van der Waals surface area contributed by atoms with E-state index in [9.17, 15) is 4.79 Å². The van der Waals surface area contributed by atoms with E-state index in [2.05, 4.69) is 4.98 Å². The molecule has 0 aliphatic heterocycles. The Morgan fingerprint density at radius 3 is 2.46 bits per heavy atom. The average Bonchev–Trinajstić information content (AvgIpc) is 3.10. The Morgan fingerprint density at radius 1 is 1.08 bits per heavy atom. The van der Waals surface area contributed by atoms with E-state index in [1.54, 1.807) is 6.20 Å². The molecule has 0 amide bonds. The van der Waals surface area contributed by atoms with Crippen LogP contribution in [0.5, 0.6) is 0 Å². The van der Waals surface area contributed by atoms with Crippen molar-refractivity contribution in [2.24, 2.45) is 0 Å². The summed E-state index contributed by atoms with van der Waals surface area (Å²) in [5.41, 5.74) is 2.07. The second-order valence-electron chi connectivity index (χ2n) is 5.66. The van der Waals surface area contributed by atoms with Gasteiger partial charge in [-0.15, -0.1) is 0 Å². The molecule has 2 aromatic carbocycles. The summed E-state index contributed by atoms with van der Waals surface area (Å²) < 4.78 is 10.9. The molecular formula is C20H19NO3. The molecule has 0 radical (unpaired) electrons. The minimum atomic E-state index is -0.259. The molecule has 0 spiro atoms.